The van der Waals surface area contributed by atoms with Crippen LogP contribution in [0.2, 0.25) is 0 Å². The Kier molecular flexibility index (Phi) is 5.30. The zero-order valence-electron chi connectivity index (χ0n) is 16.0. The maximum Gasteiger partial charge on any atom is 0.246 e. The third kappa shape index (κ3) is 3.73. The van der Waals surface area contributed by atoms with Gasteiger partial charge in [-0.15, -0.1) is 0 Å². The first-order valence-corrected chi connectivity index (χ1v) is 9.65. The van der Waals surface area contributed by atoms with Gasteiger partial charge >= 0.3 is 0 Å². The lowest BCUT2D eigenvalue weighted by molar-refractivity contribution is -0.153. The molecule has 6 heteroatoms. The molecule has 0 bridgehead atoms. The molecule has 0 aromatic heterocycles. The van der Waals surface area contributed by atoms with Crippen LogP contribution in [0.4, 0.5) is 0 Å². The number of benzene rings is 2. The number of piperazine rings is 2. The Morgan fingerprint density at radius 2 is 1.79 bits per heavy atom. The molecule has 2 amide bonds. The van der Waals surface area contributed by atoms with Gasteiger partial charge in [-0.25, -0.2) is 0 Å². The summed E-state index contributed by atoms with van der Waals surface area (Å²) in [5.74, 6) is 0.799. The fraction of sp³-hybridized carbons (Fsp3) is 0.364. The third-order valence-corrected chi connectivity index (χ3v) is 5.53. The lowest BCUT2D eigenvalue weighted by Gasteiger charge is -2.45. The van der Waals surface area contributed by atoms with Crippen molar-refractivity contribution in [3.05, 3.63) is 65.7 Å². The summed E-state index contributed by atoms with van der Waals surface area (Å²) in [4.78, 5) is 29.7. The molecule has 146 valence electrons. The van der Waals surface area contributed by atoms with Gasteiger partial charge in [-0.1, -0.05) is 48.5 Å². The summed E-state index contributed by atoms with van der Waals surface area (Å²) in [7, 11) is 1.66. The average molecular weight is 379 g/mol. The molecule has 2 fully saturated rings. The highest BCUT2D eigenvalue weighted by molar-refractivity contribution is 5.97. The van der Waals surface area contributed by atoms with Crippen molar-refractivity contribution in [1.82, 2.24) is 15.1 Å². The topological polar surface area (TPSA) is 61.9 Å². The second-order valence-corrected chi connectivity index (χ2v) is 7.35. The lowest BCUT2D eigenvalue weighted by Crippen LogP contribution is -2.69. The van der Waals surface area contributed by atoms with E-state index in [0.717, 1.165) is 23.4 Å². The van der Waals surface area contributed by atoms with Crippen LogP contribution < -0.4 is 10.1 Å². The van der Waals surface area contributed by atoms with E-state index in [0.29, 0.717) is 26.1 Å². The number of hydrogen-bond donors (Lipinski definition) is 1. The molecule has 6 nitrogen and oxygen atoms in total. The average Bonchev–Trinajstić information content (AvgIpc) is 2.73. The molecular weight excluding hydrogens is 354 g/mol. The Labute approximate surface area is 165 Å². The molecule has 1 N–H and O–H groups in total. The van der Waals surface area contributed by atoms with Crippen LogP contribution in [0.25, 0.3) is 0 Å². The van der Waals surface area contributed by atoms with E-state index in [-0.39, 0.29) is 11.8 Å². The van der Waals surface area contributed by atoms with Crippen LogP contribution in [-0.4, -0.2) is 60.4 Å². The molecule has 28 heavy (non-hydrogen) atoms. The minimum absolute atomic E-state index is 0.0189. The van der Waals surface area contributed by atoms with E-state index in [1.807, 2.05) is 54.6 Å². The summed E-state index contributed by atoms with van der Waals surface area (Å²) in [5, 5.41) is 2.94. The Balaban J connectivity index is 1.43. The van der Waals surface area contributed by atoms with Crippen LogP contribution in [0.1, 0.15) is 11.1 Å². The highest BCUT2D eigenvalue weighted by Gasteiger charge is 2.43. The lowest BCUT2D eigenvalue weighted by atomic mass is 9.98. The van der Waals surface area contributed by atoms with Gasteiger partial charge in [-0.3, -0.25) is 14.5 Å². The molecule has 4 rings (SSSR count). The van der Waals surface area contributed by atoms with Crippen LogP contribution in [0.5, 0.6) is 5.75 Å². The number of carbonyl (C=O) groups is 2. The van der Waals surface area contributed by atoms with E-state index < -0.39 is 12.1 Å². The predicted octanol–water partition coefficient (Wildman–Crippen LogP) is 1.45. The van der Waals surface area contributed by atoms with Crippen molar-refractivity contribution in [3.63, 3.8) is 0 Å². The quantitative estimate of drug-likeness (QED) is 0.854. The number of amides is 2. The Bertz CT molecular complexity index is 855. The number of fused-ring (bicyclic) bond motifs is 1. The fourth-order valence-electron chi connectivity index (χ4n) is 4.06. The number of nitrogens with one attached hydrogen (secondary N) is 1. The summed E-state index contributed by atoms with van der Waals surface area (Å²) in [5.41, 5.74) is 2.14. The maximum absolute atomic E-state index is 12.9. The standard InChI is InChI=1S/C22H25N3O3/c1-28-20-10-6-5-9-17(20)14-24-11-12-25-19(15-24)21(26)23-18(22(25)27)13-16-7-3-2-4-8-16/h2-10,18-19H,11-15H2,1H3,(H,23,26)/t18-,19-/m1/s1. The van der Waals surface area contributed by atoms with Crippen LogP contribution >= 0.6 is 0 Å². The Hall–Kier alpha value is -2.86. The number of methoxy groups -OCH3 is 1. The first-order chi connectivity index (χ1) is 13.7. The monoisotopic (exact) mass is 379 g/mol. The van der Waals surface area contributed by atoms with E-state index in [2.05, 4.69) is 10.2 Å². The number of carbonyl (C=O) groups excluding carboxylic acids is 2. The Morgan fingerprint density at radius 3 is 2.57 bits per heavy atom. The van der Waals surface area contributed by atoms with Gasteiger partial charge in [0.05, 0.1) is 7.11 Å². The number of para-hydroxylation sites is 1. The zero-order valence-corrected chi connectivity index (χ0v) is 16.0. The first kappa shape index (κ1) is 18.5. The summed E-state index contributed by atoms with van der Waals surface area (Å²) in [6.07, 6.45) is 0.527. The van der Waals surface area contributed by atoms with Crippen molar-refractivity contribution in [3.8, 4) is 5.75 Å². The van der Waals surface area contributed by atoms with Crippen molar-refractivity contribution >= 4 is 11.8 Å². The SMILES string of the molecule is COc1ccccc1CN1CCN2C(=O)[C@@H](Cc3ccccc3)NC(=O)[C@H]2C1. The van der Waals surface area contributed by atoms with Crippen LogP contribution in [0, 0.1) is 0 Å². The van der Waals surface area contributed by atoms with E-state index >= 15 is 0 Å². The van der Waals surface area contributed by atoms with Gasteiger partial charge in [-0.05, 0) is 11.6 Å². The molecule has 0 radical (unpaired) electrons. The predicted molar refractivity (Wildman–Crippen MR) is 106 cm³/mol. The summed E-state index contributed by atoms with van der Waals surface area (Å²) in [6.45, 7) is 2.54. The van der Waals surface area contributed by atoms with E-state index in [1.165, 1.54) is 0 Å². The van der Waals surface area contributed by atoms with Crippen molar-refractivity contribution in [2.75, 3.05) is 26.7 Å². The summed E-state index contributed by atoms with van der Waals surface area (Å²) in [6, 6.07) is 16.8. The molecule has 0 saturated carbocycles. The van der Waals surface area contributed by atoms with Gasteiger partial charge in [0, 0.05) is 38.2 Å². The molecule has 2 saturated heterocycles. The number of rotatable bonds is 5. The number of ether oxygens (including phenoxy) is 1. The van der Waals surface area contributed by atoms with E-state index in [4.69, 9.17) is 4.74 Å². The minimum Gasteiger partial charge on any atom is -0.496 e. The Morgan fingerprint density at radius 1 is 1.04 bits per heavy atom. The molecule has 2 aliphatic heterocycles. The molecule has 2 aromatic rings. The van der Waals surface area contributed by atoms with Crippen molar-refractivity contribution in [2.45, 2.75) is 25.0 Å². The van der Waals surface area contributed by atoms with Crippen molar-refractivity contribution in [2.24, 2.45) is 0 Å². The highest BCUT2D eigenvalue weighted by atomic mass is 16.5. The molecule has 0 spiro atoms. The second kappa shape index (κ2) is 8.02. The highest BCUT2D eigenvalue weighted by Crippen LogP contribution is 2.23. The largest absolute Gasteiger partial charge is 0.496 e. The first-order valence-electron chi connectivity index (χ1n) is 9.65. The third-order valence-electron chi connectivity index (χ3n) is 5.53. The maximum atomic E-state index is 12.9. The van der Waals surface area contributed by atoms with Gasteiger partial charge in [-0.2, -0.15) is 0 Å². The molecule has 2 aromatic carbocycles. The van der Waals surface area contributed by atoms with Gasteiger partial charge in [0.15, 0.2) is 0 Å². The van der Waals surface area contributed by atoms with Gasteiger partial charge in [0.1, 0.15) is 17.8 Å². The fourth-order valence-corrected chi connectivity index (χ4v) is 4.06. The van der Waals surface area contributed by atoms with E-state index in [9.17, 15) is 9.59 Å². The van der Waals surface area contributed by atoms with Crippen molar-refractivity contribution < 1.29 is 14.3 Å². The van der Waals surface area contributed by atoms with E-state index in [1.54, 1.807) is 12.0 Å². The second-order valence-electron chi connectivity index (χ2n) is 7.35. The number of nitrogens with zero attached hydrogens (tertiary/aromatic N) is 2. The van der Waals surface area contributed by atoms with Gasteiger partial charge < -0.3 is 15.0 Å². The van der Waals surface area contributed by atoms with Crippen LogP contribution in [-0.2, 0) is 22.6 Å². The number of hydrogen-bond acceptors (Lipinski definition) is 4. The molecule has 2 aliphatic rings. The molecule has 0 aliphatic carbocycles. The van der Waals surface area contributed by atoms with Crippen molar-refractivity contribution in [1.29, 1.82) is 0 Å². The normalized spacial score (nSPS) is 22.5. The minimum atomic E-state index is -0.480. The molecular formula is C22H25N3O3. The molecule has 0 unspecified atom stereocenters. The van der Waals surface area contributed by atoms with Gasteiger partial charge in [0.2, 0.25) is 11.8 Å². The summed E-state index contributed by atoms with van der Waals surface area (Å²) < 4.78 is 5.43. The molecule has 2 heterocycles. The van der Waals surface area contributed by atoms with Crippen LogP contribution in [0.15, 0.2) is 54.6 Å². The zero-order chi connectivity index (χ0) is 19.5. The smallest absolute Gasteiger partial charge is 0.246 e. The van der Waals surface area contributed by atoms with Crippen LogP contribution in [0.3, 0.4) is 0 Å². The molecule has 2 atom stereocenters. The van der Waals surface area contributed by atoms with Gasteiger partial charge in [0.25, 0.3) is 0 Å². The summed E-state index contributed by atoms with van der Waals surface area (Å²) >= 11 is 0.